The summed E-state index contributed by atoms with van der Waals surface area (Å²) < 4.78 is 38.2. The Balaban J connectivity index is 1.67. The van der Waals surface area contributed by atoms with Gasteiger partial charge in [-0.3, -0.25) is 19.1 Å². The number of nitrogens with zero attached hydrogens (tertiary/aromatic N) is 1. The van der Waals surface area contributed by atoms with Gasteiger partial charge in [0.1, 0.15) is 11.6 Å². The lowest BCUT2D eigenvalue weighted by Gasteiger charge is -2.28. The van der Waals surface area contributed by atoms with Crippen LogP contribution in [0.15, 0.2) is 24.5 Å². The van der Waals surface area contributed by atoms with Gasteiger partial charge >= 0.3 is 6.09 Å². The van der Waals surface area contributed by atoms with Gasteiger partial charge in [-0.15, -0.1) is 0 Å². The molecule has 2 heterocycles. The van der Waals surface area contributed by atoms with Crippen LogP contribution in [0.4, 0.5) is 4.79 Å². The first-order valence-electron chi connectivity index (χ1n) is 12.0. The normalized spacial score (nSPS) is 21.2. The highest BCUT2D eigenvalue weighted by Gasteiger charge is 2.47. The van der Waals surface area contributed by atoms with Crippen LogP contribution in [-0.2, 0) is 30.9 Å². The van der Waals surface area contributed by atoms with E-state index in [2.05, 4.69) is 20.9 Å². The molecule has 3 amide bonds. The Labute approximate surface area is 210 Å². The molecule has 2 fully saturated rings. The Kier molecular flexibility index (Phi) is 8.90. The zero-order valence-corrected chi connectivity index (χ0v) is 21.2. The molecule has 0 radical (unpaired) electrons. The molecule has 4 atom stereocenters. The Morgan fingerprint density at radius 3 is 2.56 bits per heavy atom. The van der Waals surface area contributed by atoms with Gasteiger partial charge in [0.2, 0.25) is 17.3 Å². The van der Waals surface area contributed by atoms with Crippen LogP contribution < -0.4 is 16.0 Å². The molecular weight excluding hydrogens is 492 g/mol. The molecule has 12 nitrogen and oxygen atoms in total. The smallest absolute Gasteiger partial charge is 0.408 e. The Morgan fingerprint density at radius 2 is 2.03 bits per heavy atom. The van der Waals surface area contributed by atoms with E-state index in [1.54, 1.807) is 18.5 Å². The van der Waals surface area contributed by atoms with Crippen LogP contribution in [0, 0.1) is 11.8 Å². The van der Waals surface area contributed by atoms with Crippen LogP contribution in [-0.4, -0.2) is 70.6 Å². The maximum absolute atomic E-state index is 13.1. The maximum atomic E-state index is 13.1. The largest absolute Gasteiger partial charge is 0.443 e. The van der Waals surface area contributed by atoms with Crippen LogP contribution in [0.3, 0.4) is 0 Å². The summed E-state index contributed by atoms with van der Waals surface area (Å²) in [6.07, 6.45) is 4.77. The summed E-state index contributed by atoms with van der Waals surface area (Å²) >= 11 is 0. The first kappa shape index (κ1) is 27.8. The van der Waals surface area contributed by atoms with E-state index in [9.17, 15) is 32.5 Å². The van der Waals surface area contributed by atoms with Gasteiger partial charge in [-0.2, -0.15) is 8.42 Å². The summed E-state index contributed by atoms with van der Waals surface area (Å²) in [5.41, 5.74) is -2.10. The van der Waals surface area contributed by atoms with Gasteiger partial charge in [0, 0.05) is 31.3 Å². The van der Waals surface area contributed by atoms with E-state index < -0.39 is 51.2 Å². The average Bonchev–Trinajstić information content (AvgIpc) is 3.41. The highest BCUT2D eigenvalue weighted by atomic mass is 32.2. The molecule has 0 bridgehead atoms. The van der Waals surface area contributed by atoms with Crippen molar-refractivity contribution in [3.05, 3.63) is 30.1 Å². The molecule has 1 aromatic heterocycles. The third-order valence-electron chi connectivity index (χ3n) is 6.36. The molecule has 36 heavy (non-hydrogen) atoms. The SMILES string of the molecule is CC(C)C[C@H](NC(=O)OC1(Cc2cccnc2)CC1)C(=O)N[C@@H](C[C@@H]1CCNC1=O)C(O)S(=O)(=O)O. The van der Waals surface area contributed by atoms with E-state index in [1.807, 2.05) is 19.9 Å². The van der Waals surface area contributed by atoms with Gasteiger partial charge in [-0.25, -0.2) is 4.79 Å². The number of aliphatic hydroxyl groups is 1. The molecule has 0 aromatic carbocycles. The van der Waals surface area contributed by atoms with Crippen molar-refractivity contribution in [2.75, 3.05) is 6.54 Å². The Morgan fingerprint density at radius 1 is 1.31 bits per heavy atom. The lowest BCUT2D eigenvalue weighted by molar-refractivity contribution is -0.126. The van der Waals surface area contributed by atoms with E-state index in [-0.39, 0.29) is 24.7 Å². The lowest BCUT2D eigenvalue weighted by atomic mass is 9.97. The first-order chi connectivity index (χ1) is 16.9. The van der Waals surface area contributed by atoms with Crippen molar-refractivity contribution in [3.8, 4) is 0 Å². The molecule has 1 aliphatic heterocycles. The zero-order valence-electron chi connectivity index (χ0n) is 20.3. The molecular formula is C23H34N4O8S. The second-order valence-electron chi connectivity index (χ2n) is 9.97. The molecule has 0 spiro atoms. The zero-order chi connectivity index (χ0) is 26.5. The van der Waals surface area contributed by atoms with Crippen molar-refractivity contribution >= 4 is 28.0 Å². The number of carbonyl (C=O) groups excluding carboxylic acids is 3. The number of pyridine rings is 1. The number of aliphatic hydroxyl groups excluding tert-OH is 1. The van der Waals surface area contributed by atoms with Crippen LogP contribution in [0.1, 0.15) is 51.5 Å². The number of nitrogens with one attached hydrogen (secondary N) is 3. The van der Waals surface area contributed by atoms with Gasteiger partial charge in [-0.1, -0.05) is 19.9 Å². The predicted octanol–water partition coefficient (Wildman–Crippen LogP) is 0.515. The Hall–Kier alpha value is -2.77. The van der Waals surface area contributed by atoms with E-state index >= 15 is 0 Å². The summed E-state index contributed by atoms with van der Waals surface area (Å²) in [6, 6.07) is 1.12. The molecule has 5 N–H and O–H groups in total. The summed E-state index contributed by atoms with van der Waals surface area (Å²) in [5.74, 6) is -1.77. The van der Waals surface area contributed by atoms with Gasteiger partial charge < -0.3 is 25.8 Å². The fourth-order valence-corrected chi connectivity index (χ4v) is 4.91. The van der Waals surface area contributed by atoms with Crippen molar-refractivity contribution in [1.82, 2.24) is 20.9 Å². The number of hydrogen-bond acceptors (Lipinski definition) is 8. The summed E-state index contributed by atoms with van der Waals surface area (Å²) in [5, 5.41) is 17.8. The van der Waals surface area contributed by atoms with E-state index in [4.69, 9.17) is 4.74 Å². The molecule has 2 aliphatic rings. The highest BCUT2D eigenvalue weighted by molar-refractivity contribution is 7.86. The predicted molar refractivity (Wildman–Crippen MR) is 128 cm³/mol. The summed E-state index contributed by atoms with van der Waals surface area (Å²) in [4.78, 5) is 41.9. The van der Waals surface area contributed by atoms with Crippen LogP contribution in [0.25, 0.3) is 0 Å². The molecule has 200 valence electrons. The minimum Gasteiger partial charge on any atom is -0.443 e. The molecule has 1 unspecified atom stereocenters. The summed E-state index contributed by atoms with van der Waals surface area (Å²) in [7, 11) is -4.93. The van der Waals surface area contributed by atoms with Crippen molar-refractivity contribution in [2.45, 2.75) is 75.5 Å². The molecule has 1 saturated carbocycles. The third kappa shape index (κ3) is 7.87. The van der Waals surface area contributed by atoms with Gasteiger partial charge in [-0.05, 0) is 49.7 Å². The maximum Gasteiger partial charge on any atom is 0.408 e. The Bertz CT molecular complexity index is 1050. The lowest BCUT2D eigenvalue weighted by Crippen LogP contribution is -2.55. The third-order valence-corrected chi connectivity index (χ3v) is 7.30. The number of aromatic nitrogens is 1. The average molecular weight is 527 g/mol. The van der Waals surface area contributed by atoms with Crippen molar-refractivity contribution < 1.29 is 37.2 Å². The molecule has 13 heteroatoms. The fourth-order valence-electron chi connectivity index (χ4n) is 4.31. The second-order valence-corrected chi connectivity index (χ2v) is 11.5. The van der Waals surface area contributed by atoms with Gasteiger partial charge in [0.15, 0.2) is 0 Å². The van der Waals surface area contributed by atoms with Crippen LogP contribution >= 0.6 is 0 Å². The number of alkyl carbamates (subject to hydrolysis) is 1. The highest BCUT2D eigenvalue weighted by Crippen LogP contribution is 2.42. The minimum absolute atomic E-state index is 0.0307. The molecule has 3 rings (SSSR count). The van der Waals surface area contributed by atoms with Crippen LogP contribution in [0.2, 0.25) is 0 Å². The first-order valence-corrected chi connectivity index (χ1v) is 13.5. The monoisotopic (exact) mass is 526 g/mol. The molecule has 1 aromatic rings. The number of rotatable bonds is 12. The van der Waals surface area contributed by atoms with E-state index in [0.717, 1.165) is 5.56 Å². The van der Waals surface area contributed by atoms with Crippen molar-refractivity contribution in [2.24, 2.45) is 11.8 Å². The molecule has 1 aliphatic carbocycles. The van der Waals surface area contributed by atoms with E-state index in [0.29, 0.717) is 32.2 Å². The fraction of sp³-hybridized carbons (Fsp3) is 0.652. The summed E-state index contributed by atoms with van der Waals surface area (Å²) in [6.45, 7) is 4.06. The number of carbonyl (C=O) groups is 3. The second kappa shape index (κ2) is 11.5. The van der Waals surface area contributed by atoms with Crippen molar-refractivity contribution in [1.29, 1.82) is 0 Å². The van der Waals surface area contributed by atoms with Gasteiger partial charge in [0.05, 0.1) is 6.04 Å². The number of hydrogen-bond donors (Lipinski definition) is 5. The standard InChI is InChI=1S/C23H34N4O8S/c1-14(2)10-17(27-22(31)35-23(6-7-23)12-15-4-3-8-24-13-15)20(29)26-18(21(30)36(32,33)34)11-16-5-9-25-19(16)28/h3-4,8,13-14,16-18,21,30H,5-7,9-12H2,1-2H3,(H,25,28)(H,26,29)(H,27,31)(H,32,33,34)/t16-,17-,18-,21?/m0/s1. The molecule has 1 saturated heterocycles. The van der Waals surface area contributed by atoms with Gasteiger partial charge in [0.25, 0.3) is 10.1 Å². The number of ether oxygens (including phenoxy) is 1. The van der Waals surface area contributed by atoms with E-state index in [1.165, 1.54) is 0 Å². The quantitative estimate of drug-likeness (QED) is 0.242. The topological polar surface area (TPSA) is 184 Å². The van der Waals surface area contributed by atoms with Crippen LogP contribution in [0.5, 0.6) is 0 Å². The number of amides is 3. The van der Waals surface area contributed by atoms with Crippen molar-refractivity contribution in [3.63, 3.8) is 0 Å². The minimum atomic E-state index is -4.93.